The third-order valence-corrected chi connectivity index (χ3v) is 9.44. The molecule has 1 amide bonds. The van der Waals surface area contributed by atoms with Crippen LogP contribution in [0.5, 0.6) is 0 Å². The van der Waals surface area contributed by atoms with Crippen molar-refractivity contribution in [3.8, 4) is 0 Å². The lowest BCUT2D eigenvalue weighted by Gasteiger charge is -2.18. The van der Waals surface area contributed by atoms with Crippen LogP contribution in [0.2, 0.25) is 0 Å². The molecular weight excluding hydrogens is 570 g/mol. The summed E-state index contributed by atoms with van der Waals surface area (Å²) in [5.74, 6) is -0.666. The van der Waals surface area contributed by atoms with Gasteiger partial charge in [0, 0.05) is 6.42 Å². The van der Waals surface area contributed by atoms with Gasteiger partial charge >= 0.3 is 0 Å². The van der Waals surface area contributed by atoms with E-state index in [-0.39, 0.29) is 5.91 Å². The molecule has 0 aromatic carbocycles. The number of rotatable bonds is 37. The molecule has 0 aromatic heterocycles. The van der Waals surface area contributed by atoms with Gasteiger partial charge in [-0.2, -0.15) is 0 Å². The number of aliphatic hydroxyl groups is 2. The van der Waals surface area contributed by atoms with E-state index in [1.165, 1.54) is 154 Å². The molecule has 2 unspecified atom stereocenters. The Morgan fingerprint density at radius 1 is 0.522 bits per heavy atom. The highest BCUT2D eigenvalue weighted by atomic mass is 16.3. The molecular formula is C41H79NO4. The maximum Gasteiger partial charge on any atom is 0.220 e. The number of unbranched alkanes of at least 4 members (excludes halogenated alkanes) is 27. The number of hydrogen-bond donors (Lipinski definition) is 3. The number of hydrogen-bond acceptors (Lipinski definition) is 4. The van der Waals surface area contributed by atoms with E-state index in [0.717, 1.165) is 38.5 Å². The van der Waals surface area contributed by atoms with Gasteiger partial charge in [-0.3, -0.25) is 9.59 Å². The summed E-state index contributed by atoms with van der Waals surface area (Å²) in [5, 5.41) is 22.6. The van der Waals surface area contributed by atoms with E-state index in [0.29, 0.717) is 12.8 Å². The van der Waals surface area contributed by atoms with Crippen molar-refractivity contribution in [1.29, 1.82) is 0 Å². The molecule has 46 heavy (non-hydrogen) atoms. The van der Waals surface area contributed by atoms with Gasteiger partial charge in [0.2, 0.25) is 5.91 Å². The summed E-state index contributed by atoms with van der Waals surface area (Å²) in [6.45, 7) is 4.06. The topological polar surface area (TPSA) is 86.6 Å². The summed E-state index contributed by atoms with van der Waals surface area (Å²) in [5.41, 5.74) is 0. The van der Waals surface area contributed by atoms with Crippen LogP contribution in [0.15, 0.2) is 12.2 Å². The molecule has 0 saturated carbocycles. The maximum absolute atomic E-state index is 12.6. The maximum atomic E-state index is 12.6. The van der Waals surface area contributed by atoms with Crippen molar-refractivity contribution in [1.82, 2.24) is 5.32 Å². The molecule has 0 radical (unpaired) electrons. The Morgan fingerprint density at radius 2 is 0.870 bits per heavy atom. The van der Waals surface area contributed by atoms with Gasteiger partial charge in [0.15, 0.2) is 5.78 Å². The van der Waals surface area contributed by atoms with Crippen LogP contribution in [0, 0.1) is 0 Å². The fourth-order valence-electron chi connectivity index (χ4n) is 6.27. The number of aliphatic hydroxyl groups excluding tert-OH is 2. The van der Waals surface area contributed by atoms with Gasteiger partial charge in [0.05, 0.1) is 6.61 Å². The summed E-state index contributed by atoms with van der Waals surface area (Å²) >= 11 is 0. The molecule has 0 aromatic rings. The minimum absolute atomic E-state index is 0.206. The van der Waals surface area contributed by atoms with E-state index in [1.54, 1.807) is 0 Å². The van der Waals surface area contributed by atoms with Gasteiger partial charge in [0.25, 0.3) is 0 Å². The van der Waals surface area contributed by atoms with E-state index < -0.39 is 24.5 Å². The normalized spacial score (nSPS) is 13.0. The molecule has 0 bridgehead atoms. The average Bonchev–Trinajstić information content (AvgIpc) is 3.06. The molecule has 272 valence electrons. The number of ketones is 1. The Labute approximate surface area is 286 Å². The van der Waals surface area contributed by atoms with Crippen LogP contribution in [0.4, 0.5) is 0 Å². The monoisotopic (exact) mass is 650 g/mol. The fourth-order valence-corrected chi connectivity index (χ4v) is 6.27. The van der Waals surface area contributed by atoms with Crippen molar-refractivity contribution in [3.63, 3.8) is 0 Å². The first-order valence-corrected chi connectivity index (χ1v) is 20.3. The number of allylic oxidation sites excluding steroid dienone is 2. The van der Waals surface area contributed by atoms with Gasteiger partial charge in [-0.15, -0.1) is 0 Å². The quantitative estimate of drug-likeness (QED) is 0.0461. The summed E-state index contributed by atoms with van der Waals surface area (Å²) in [6, 6.07) is -0.999. The van der Waals surface area contributed by atoms with Crippen molar-refractivity contribution in [2.24, 2.45) is 0 Å². The largest absolute Gasteiger partial charge is 0.394 e. The van der Waals surface area contributed by atoms with E-state index in [2.05, 4.69) is 31.3 Å². The van der Waals surface area contributed by atoms with Crippen molar-refractivity contribution in [2.45, 2.75) is 231 Å². The van der Waals surface area contributed by atoms with E-state index >= 15 is 0 Å². The minimum Gasteiger partial charge on any atom is -0.394 e. The predicted octanol–water partition coefficient (Wildman–Crippen LogP) is 11.5. The van der Waals surface area contributed by atoms with Crippen LogP contribution in [-0.2, 0) is 9.59 Å². The highest BCUT2D eigenvalue weighted by Crippen LogP contribution is 2.15. The summed E-state index contributed by atoms with van der Waals surface area (Å²) in [7, 11) is 0. The van der Waals surface area contributed by atoms with Gasteiger partial charge in [0.1, 0.15) is 12.1 Å². The van der Waals surface area contributed by atoms with Crippen LogP contribution >= 0.6 is 0 Å². The highest BCUT2D eigenvalue weighted by molar-refractivity contribution is 5.91. The van der Waals surface area contributed by atoms with Crippen molar-refractivity contribution in [3.05, 3.63) is 12.2 Å². The zero-order valence-electron chi connectivity index (χ0n) is 30.9. The Kier molecular flexibility index (Phi) is 35.7. The Balaban J connectivity index is 3.62. The third kappa shape index (κ3) is 31.4. The van der Waals surface area contributed by atoms with Gasteiger partial charge in [-0.05, 0) is 38.5 Å². The van der Waals surface area contributed by atoms with Gasteiger partial charge in [-0.1, -0.05) is 187 Å². The molecule has 3 N–H and O–H groups in total. The first kappa shape index (κ1) is 44.8. The Morgan fingerprint density at radius 3 is 1.26 bits per heavy atom. The summed E-state index contributed by atoms with van der Waals surface area (Å²) < 4.78 is 0. The van der Waals surface area contributed by atoms with E-state index in [1.807, 2.05) is 0 Å². The molecule has 0 aliphatic heterocycles. The van der Waals surface area contributed by atoms with Crippen molar-refractivity contribution >= 4 is 11.7 Å². The van der Waals surface area contributed by atoms with Crippen molar-refractivity contribution in [2.75, 3.05) is 6.61 Å². The lowest BCUT2D eigenvalue weighted by molar-refractivity contribution is -0.134. The molecule has 0 spiro atoms. The van der Waals surface area contributed by atoms with Crippen LogP contribution in [0.25, 0.3) is 0 Å². The van der Waals surface area contributed by atoms with Crippen molar-refractivity contribution < 1.29 is 19.8 Å². The van der Waals surface area contributed by atoms with Gasteiger partial charge in [-0.25, -0.2) is 0 Å². The molecule has 5 nitrogen and oxygen atoms in total. The predicted molar refractivity (Wildman–Crippen MR) is 198 cm³/mol. The van der Waals surface area contributed by atoms with Gasteiger partial charge < -0.3 is 15.5 Å². The first-order valence-electron chi connectivity index (χ1n) is 20.3. The number of Topliss-reactive ketones (excluding diaryl/α,β-unsaturated/α-hetero) is 1. The smallest absolute Gasteiger partial charge is 0.220 e. The van der Waals surface area contributed by atoms with Crippen LogP contribution in [-0.4, -0.2) is 40.7 Å². The second kappa shape index (κ2) is 36.6. The SMILES string of the molecule is CCCCCCCC/C=C/CCCCCCCCCCCCC(=O)NC(CO)C(=O)C(O)CCCCCCCCCCCCCC. The number of carbonyl (C=O) groups is 2. The number of nitrogens with one attached hydrogen (secondary N) is 1. The lowest BCUT2D eigenvalue weighted by atomic mass is 10.0. The van der Waals surface area contributed by atoms with Crippen LogP contribution < -0.4 is 5.32 Å². The average molecular weight is 650 g/mol. The molecule has 5 heteroatoms. The Hall–Kier alpha value is -1.20. The molecule has 0 aliphatic rings. The standard InChI is InChI=1S/C41H79NO4/c1-3-5-7-9-11-13-15-17-18-19-20-21-22-23-24-26-28-30-32-34-36-40(45)42-38(37-43)41(46)39(44)35-33-31-29-27-25-16-14-12-10-8-6-4-2/h17-18,38-39,43-44H,3-16,19-37H2,1-2H3,(H,42,45)/b18-17+. The van der Waals surface area contributed by atoms with Crippen LogP contribution in [0.3, 0.4) is 0 Å². The second-order valence-electron chi connectivity index (χ2n) is 14.0. The molecule has 0 saturated heterocycles. The second-order valence-corrected chi connectivity index (χ2v) is 14.0. The van der Waals surface area contributed by atoms with Crippen LogP contribution in [0.1, 0.15) is 219 Å². The summed E-state index contributed by atoms with van der Waals surface area (Å²) in [4.78, 5) is 24.9. The molecule has 0 fully saturated rings. The molecule has 0 rings (SSSR count). The zero-order chi connectivity index (χ0) is 33.8. The Bertz CT molecular complexity index is 679. The zero-order valence-corrected chi connectivity index (χ0v) is 30.9. The number of carbonyl (C=O) groups excluding carboxylic acids is 2. The first-order chi connectivity index (χ1) is 22.6. The molecule has 2 atom stereocenters. The molecule has 0 aliphatic carbocycles. The fraction of sp³-hybridized carbons (Fsp3) is 0.902. The highest BCUT2D eigenvalue weighted by Gasteiger charge is 2.25. The summed E-state index contributed by atoms with van der Waals surface area (Å²) in [6.07, 6.45) is 42.0. The van der Waals surface area contributed by atoms with E-state index in [4.69, 9.17) is 0 Å². The lowest BCUT2D eigenvalue weighted by Crippen LogP contribution is -2.47. The molecule has 0 heterocycles. The number of amides is 1. The van der Waals surface area contributed by atoms with E-state index in [9.17, 15) is 19.8 Å². The third-order valence-electron chi connectivity index (χ3n) is 9.44. The minimum atomic E-state index is -1.11.